The monoisotopic (exact) mass is 1320 g/mol. The lowest BCUT2D eigenvalue weighted by molar-refractivity contribution is -0.161. The van der Waals surface area contributed by atoms with E-state index in [1.165, 1.54) is 270 Å². The molecule has 0 heterocycles. The minimum absolute atomic E-state index is 0.0525. The first-order valence-corrected chi connectivity index (χ1v) is 41.2. The van der Waals surface area contributed by atoms with Gasteiger partial charge in [-0.15, -0.1) is 0 Å². The van der Waals surface area contributed by atoms with Crippen molar-refractivity contribution < 1.29 is 37.6 Å². The number of ether oxygens (including phenoxy) is 2. The molecule has 2 atom stereocenters. The SMILES string of the molecule is CC/C=C\C/C=C\C/C=C\C/C=C\C/C=C\C/C=C\C/C=C\CCCCCCCCCCCCCCCCCC(=O)OC(COC(=O)CCCCCCCCCCCCCCCCCCCCCCCCC/C=C\CCCCCCCCCC)COP(=O)(O)OCCN. The van der Waals surface area contributed by atoms with Gasteiger partial charge in [0.15, 0.2) is 6.10 Å². The number of hydrogen-bond donors (Lipinski definition) is 2. The van der Waals surface area contributed by atoms with E-state index in [9.17, 15) is 19.0 Å². The number of allylic oxidation sites excluding steroid dienone is 16. The van der Waals surface area contributed by atoms with Crippen molar-refractivity contribution in [2.45, 2.75) is 392 Å². The summed E-state index contributed by atoms with van der Waals surface area (Å²) >= 11 is 0. The molecule has 0 aliphatic heterocycles. The molecule has 0 fully saturated rings. The first-order chi connectivity index (χ1) is 45.8. The van der Waals surface area contributed by atoms with Crippen molar-refractivity contribution in [1.29, 1.82) is 0 Å². The Morgan fingerprint density at radius 1 is 0.333 bits per heavy atom. The van der Waals surface area contributed by atoms with Crippen molar-refractivity contribution in [3.8, 4) is 0 Å². The van der Waals surface area contributed by atoms with Gasteiger partial charge in [-0.25, -0.2) is 4.57 Å². The summed E-state index contributed by atoms with van der Waals surface area (Å²) in [5, 5.41) is 0. The van der Waals surface area contributed by atoms with Crippen LogP contribution in [0, 0.1) is 0 Å². The minimum Gasteiger partial charge on any atom is -0.462 e. The van der Waals surface area contributed by atoms with Gasteiger partial charge in [-0.3, -0.25) is 18.6 Å². The summed E-state index contributed by atoms with van der Waals surface area (Å²) in [4.78, 5) is 35.5. The molecule has 0 radical (unpaired) electrons. The molecule has 0 rings (SSSR count). The number of rotatable bonds is 75. The maximum Gasteiger partial charge on any atom is 0.472 e. The number of carbonyl (C=O) groups is 2. The lowest BCUT2D eigenvalue weighted by atomic mass is 10.0. The van der Waals surface area contributed by atoms with Crippen molar-refractivity contribution in [2.24, 2.45) is 5.73 Å². The minimum atomic E-state index is -4.40. The van der Waals surface area contributed by atoms with Crippen LogP contribution in [0.15, 0.2) is 97.2 Å². The lowest BCUT2D eigenvalue weighted by Crippen LogP contribution is -2.29. The molecule has 9 nitrogen and oxygen atoms in total. The van der Waals surface area contributed by atoms with Crippen molar-refractivity contribution in [2.75, 3.05) is 26.4 Å². The number of hydrogen-bond acceptors (Lipinski definition) is 8. The van der Waals surface area contributed by atoms with Crippen LogP contribution in [0.4, 0.5) is 0 Å². The molecule has 3 N–H and O–H groups in total. The molecule has 0 aromatic carbocycles. The highest BCUT2D eigenvalue weighted by Gasteiger charge is 2.26. The topological polar surface area (TPSA) is 134 Å². The van der Waals surface area contributed by atoms with Crippen LogP contribution in [0.2, 0.25) is 0 Å². The van der Waals surface area contributed by atoms with Gasteiger partial charge in [-0.1, -0.05) is 374 Å². The Bertz CT molecular complexity index is 1850. The lowest BCUT2D eigenvalue weighted by Gasteiger charge is -2.19. The zero-order valence-electron chi connectivity index (χ0n) is 61.0. The van der Waals surface area contributed by atoms with Crippen LogP contribution in [0.5, 0.6) is 0 Å². The van der Waals surface area contributed by atoms with Crippen molar-refractivity contribution >= 4 is 19.8 Å². The summed E-state index contributed by atoms with van der Waals surface area (Å²) in [7, 11) is -4.40. The van der Waals surface area contributed by atoms with Crippen LogP contribution < -0.4 is 5.73 Å². The molecule has 93 heavy (non-hydrogen) atoms. The fraction of sp³-hybridized carbons (Fsp3) is 0.783. The zero-order chi connectivity index (χ0) is 67.2. The van der Waals surface area contributed by atoms with Crippen LogP contribution in [-0.2, 0) is 32.7 Å². The molecule has 0 aromatic rings. The van der Waals surface area contributed by atoms with E-state index in [-0.39, 0.29) is 38.6 Å². The molecule has 0 bridgehead atoms. The van der Waals surface area contributed by atoms with Gasteiger partial charge in [-0.05, 0) is 96.3 Å². The molecule has 2 unspecified atom stereocenters. The van der Waals surface area contributed by atoms with Gasteiger partial charge in [0.1, 0.15) is 6.61 Å². The van der Waals surface area contributed by atoms with E-state index in [4.69, 9.17) is 24.3 Å². The molecular weight excluding hydrogens is 1170 g/mol. The molecule has 540 valence electrons. The summed E-state index contributed by atoms with van der Waals surface area (Å²) in [6.45, 7) is 3.69. The normalized spacial score (nSPS) is 13.4. The van der Waals surface area contributed by atoms with Gasteiger partial charge in [-0.2, -0.15) is 0 Å². The van der Waals surface area contributed by atoms with E-state index in [0.29, 0.717) is 6.42 Å². The zero-order valence-corrected chi connectivity index (χ0v) is 61.9. The summed E-state index contributed by atoms with van der Waals surface area (Å²) in [6.07, 6.45) is 107. The first kappa shape index (κ1) is 89.9. The largest absolute Gasteiger partial charge is 0.472 e. The van der Waals surface area contributed by atoms with E-state index in [2.05, 4.69) is 111 Å². The Kier molecular flexibility index (Phi) is 75.4. The smallest absolute Gasteiger partial charge is 0.462 e. The second-order valence-corrected chi connectivity index (χ2v) is 28.0. The maximum atomic E-state index is 12.8. The second kappa shape index (κ2) is 77.9. The summed E-state index contributed by atoms with van der Waals surface area (Å²) in [5.41, 5.74) is 5.42. The van der Waals surface area contributed by atoms with Crippen LogP contribution >= 0.6 is 7.82 Å². The highest BCUT2D eigenvalue weighted by molar-refractivity contribution is 7.47. The standard InChI is InChI=1S/C83H150NO8P/c1-3-5-7-9-11-13-15-17-19-21-23-25-27-29-31-33-35-37-39-40-42-44-46-48-50-52-54-56-58-60-62-64-66-68-70-72-74-76-83(86)92-81(80-91-93(87,88)90-78-77-84)79-89-82(85)75-73-71-69-67-65-63-61-59-57-55-53-51-49-47-45-43-41-38-36-34-32-30-28-26-24-22-20-18-16-14-12-10-8-6-4-2/h5,7,11,13,17,19,22-25,29,31,35,37,40,42,81H,3-4,6,8-10,12,14-16,18,20-21,26-28,30,32-34,36,38-39,41,43-80,84H2,1-2H3,(H,87,88)/b7-5-,13-11-,19-17-,24-22-,25-23-,31-29-,37-35-,42-40-. The average Bonchev–Trinajstić information content (AvgIpc) is 3.04. The highest BCUT2D eigenvalue weighted by atomic mass is 31.2. The number of nitrogens with two attached hydrogens (primary N) is 1. The Morgan fingerprint density at radius 2 is 0.591 bits per heavy atom. The summed E-state index contributed by atoms with van der Waals surface area (Å²) in [5.74, 6) is -0.812. The van der Waals surface area contributed by atoms with Gasteiger partial charge < -0.3 is 20.1 Å². The molecule has 0 aromatic heterocycles. The third-order valence-corrected chi connectivity index (χ3v) is 18.4. The molecule has 0 saturated carbocycles. The molecule has 0 aliphatic carbocycles. The Morgan fingerprint density at radius 3 is 0.892 bits per heavy atom. The van der Waals surface area contributed by atoms with Crippen LogP contribution in [-0.4, -0.2) is 49.3 Å². The molecule has 0 amide bonds. The fourth-order valence-electron chi connectivity index (χ4n) is 11.6. The van der Waals surface area contributed by atoms with Crippen molar-refractivity contribution in [3.63, 3.8) is 0 Å². The number of phosphoric ester groups is 1. The van der Waals surface area contributed by atoms with Gasteiger partial charge in [0, 0.05) is 19.4 Å². The Labute approximate surface area is 576 Å². The summed E-state index contributed by atoms with van der Waals surface area (Å²) < 4.78 is 33.3. The van der Waals surface area contributed by atoms with Gasteiger partial charge in [0.05, 0.1) is 13.2 Å². The molecular formula is C83H150NO8P. The van der Waals surface area contributed by atoms with Gasteiger partial charge >= 0.3 is 19.8 Å². The molecule has 0 spiro atoms. The van der Waals surface area contributed by atoms with E-state index in [1.54, 1.807) is 0 Å². The van der Waals surface area contributed by atoms with Crippen LogP contribution in [0.1, 0.15) is 386 Å². The first-order valence-electron chi connectivity index (χ1n) is 39.7. The number of carbonyl (C=O) groups excluding carboxylic acids is 2. The van der Waals surface area contributed by atoms with E-state index >= 15 is 0 Å². The number of unbranched alkanes of at least 4 members (excludes halogenated alkanes) is 46. The average molecular weight is 1320 g/mol. The third kappa shape index (κ3) is 77.8. The third-order valence-electron chi connectivity index (χ3n) is 17.5. The van der Waals surface area contributed by atoms with Gasteiger partial charge in [0.2, 0.25) is 0 Å². The quantitative estimate of drug-likeness (QED) is 0.0264. The fourth-order valence-corrected chi connectivity index (χ4v) is 12.4. The molecule has 0 saturated heterocycles. The predicted molar refractivity (Wildman–Crippen MR) is 404 cm³/mol. The maximum absolute atomic E-state index is 12.8. The molecule has 10 heteroatoms. The van der Waals surface area contributed by atoms with E-state index in [1.807, 2.05) is 0 Å². The van der Waals surface area contributed by atoms with E-state index < -0.39 is 26.5 Å². The Hall–Kier alpha value is -3.07. The van der Waals surface area contributed by atoms with Crippen molar-refractivity contribution in [3.05, 3.63) is 97.2 Å². The van der Waals surface area contributed by atoms with Gasteiger partial charge in [0.25, 0.3) is 0 Å². The Balaban J connectivity index is 3.81. The highest BCUT2D eigenvalue weighted by Crippen LogP contribution is 2.43. The van der Waals surface area contributed by atoms with Crippen molar-refractivity contribution in [1.82, 2.24) is 0 Å². The van der Waals surface area contributed by atoms with Crippen LogP contribution in [0.25, 0.3) is 0 Å². The number of phosphoric acid groups is 1. The predicted octanol–water partition coefficient (Wildman–Crippen LogP) is 26.6. The molecule has 0 aliphatic rings. The van der Waals surface area contributed by atoms with Crippen LogP contribution in [0.3, 0.4) is 0 Å². The number of esters is 2. The summed E-state index contributed by atoms with van der Waals surface area (Å²) in [6, 6.07) is 0. The second-order valence-electron chi connectivity index (χ2n) is 26.6. The van der Waals surface area contributed by atoms with E-state index in [0.717, 1.165) is 83.5 Å².